The van der Waals surface area contributed by atoms with Gasteiger partial charge >= 0.3 is 0 Å². The molecule has 29 heavy (non-hydrogen) atoms. The number of likely N-dealkylation sites (tertiary alicyclic amines) is 1. The van der Waals surface area contributed by atoms with E-state index >= 15 is 0 Å². The van der Waals surface area contributed by atoms with E-state index in [1.165, 1.54) is 18.4 Å². The Hall–Kier alpha value is -1.30. The Labute approximate surface area is 173 Å². The monoisotopic (exact) mass is 398 g/mol. The number of hydrogen-bond acceptors (Lipinski definition) is 5. The number of piperidine rings is 1. The highest BCUT2D eigenvalue weighted by atomic mass is 16.5. The highest BCUT2D eigenvalue weighted by Gasteiger charge is 2.72. The second-order valence-corrected chi connectivity index (χ2v) is 10.7. The van der Waals surface area contributed by atoms with E-state index in [1.807, 2.05) is 0 Å². The maximum atomic E-state index is 12.4. The minimum Gasteiger partial charge on any atom is -0.504 e. The van der Waals surface area contributed by atoms with Gasteiger partial charge in [0.15, 0.2) is 11.5 Å². The van der Waals surface area contributed by atoms with Crippen molar-refractivity contribution in [2.45, 2.75) is 81.6 Å². The van der Waals surface area contributed by atoms with Crippen LogP contribution in [0.3, 0.4) is 0 Å². The summed E-state index contributed by atoms with van der Waals surface area (Å²) in [6.45, 7) is 7.56. The third-order valence-corrected chi connectivity index (χ3v) is 8.55. The van der Waals surface area contributed by atoms with Crippen LogP contribution >= 0.6 is 0 Å². The molecule has 158 valence electrons. The standard InChI is InChI=1S/C24H34N2O3/c1-14(2)12-25-17-7-8-24(28)19-11-16-5-6-18(27)21-20(16)23(24,22(17)29-21)9-10-26(19)13-15-3-4-15/h5-6,14-15,17,19,22,25,27-28H,3-4,7-13H2,1-2H3/t17-,19-,22+,23+,24-/m1/s1. The fraction of sp³-hybridized carbons (Fsp3) is 0.750. The van der Waals surface area contributed by atoms with Gasteiger partial charge in [-0.15, -0.1) is 0 Å². The maximum absolute atomic E-state index is 12.4. The molecular formula is C24H34N2O3. The Morgan fingerprint density at radius 1 is 1.24 bits per heavy atom. The molecule has 6 rings (SSSR count). The van der Waals surface area contributed by atoms with Gasteiger partial charge in [-0.3, -0.25) is 4.90 Å². The molecule has 2 bridgehead atoms. The Balaban J connectivity index is 1.46. The summed E-state index contributed by atoms with van der Waals surface area (Å²) in [5, 5.41) is 26.8. The highest BCUT2D eigenvalue weighted by Crippen LogP contribution is 2.65. The van der Waals surface area contributed by atoms with Crippen molar-refractivity contribution >= 4 is 0 Å². The van der Waals surface area contributed by atoms with Crippen molar-refractivity contribution in [2.24, 2.45) is 11.8 Å². The van der Waals surface area contributed by atoms with Crippen LogP contribution in [-0.2, 0) is 11.8 Å². The second-order valence-electron chi connectivity index (χ2n) is 10.7. The van der Waals surface area contributed by atoms with Gasteiger partial charge in [0.2, 0.25) is 0 Å². The van der Waals surface area contributed by atoms with Crippen LogP contribution in [0.5, 0.6) is 11.5 Å². The topological polar surface area (TPSA) is 65.0 Å². The van der Waals surface area contributed by atoms with Gasteiger partial charge in [0.05, 0.1) is 11.0 Å². The minimum atomic E-state index is -0.771. The van der Waals surface area contributed by atoms with Crippen molar-refractivity contribution in [1.82, 2.24) is 10.2 Å². The number of hydrogen-bond donors (Lipinski definition) is 3. The summed E-state index contributed by atoms with van der Waals surface area (Å²) < 4.78 is 6.56. The average Bonchev–Trinajstić information content (AvgIpc) is 3.42. The molecule has 0 amide bonds. The molecule has 0 radical (unpaired) electrons. The molecule has 3 aliphatic carbocycles. The Morgan fingerprint density at radius 2 is 2.07 bits per heavy atom. The molecule has 3 N–H and O–H groups in total. The van der Waals surface area contributed by atoms with Crippen LogP contribution in [-0.4, -0.2) is 58.5 Å². The quantitative estimate of drug-likeness (QED) is 0.712. The number of phenolic OH excluding ortho intramolecular Hbond substituents is 1. The minimum absolute atomic E-state index is 0.104. The molecule has 5 nitrogen and oxygen atoms in total. The molecule has 2 saturated carbocycles. The lowest BCUT2D eigenvalue weighted by molar-refractivity contribution is -0.191. The van der Waals surface area contributed by atoms with E-state index in [1.54, 1.807) is 6.07 Å². The van der Waals surface area contributed by atoms with E-state index in [4.69, 9.17) is 4.74 Å². The number of aliphatic hydroxyl groups is 1. The predicted molar refractivity (Wildman–Crippen MR) is 111 cm³/mol. The van der Waals surface area contributed by atoms with Crippen molar-refractivity contribution in [3.63, 3.8) is 0 Å². The zero-order chi connectivity index (χ0) is 20.0. The molecule has 1 spiro atoms. The lowest BCUT2D eigenvalue weighted by Crippen LogP contribution is -2.78. The smallest absolute Gasteiger partial charge is 0.165 e. The maximum Gasteiger partial charge on any atom is 0.165 e. The average molecular weight is 399 g/mol. The van der Waals surface area contributed by atoms with Gasteiger partial charge < -0.3 is 20.3 Å². The SMILES string of the molecule is CC(C)CN[C@@H]1CC[C@@]2(O)[C@H]3Cc4ccc(O)c5c4[C@@]2(CCN3CC2CC2)[C@H]1O5. The summed E-state index contributed by atoms with van der Waals surface area (Å²) in [6.07, 6.45) is 6.10. The summed E-state index contributed by atoms with van der Waals surface area (Å²) in [7, 11) is 0. The number of nitrogens with zero attached hydrogens (tertiary/aromatic N) is 1. The molecule has 1 saturated heterocycles. The van der Waals surface area contributed by atoms with Crippen molar-refractivity contribution in [1.29, 1.82) is 0 Å². The van der Waals surface area contributed by atoms with Gasteiger partial charge in [-0.1, -0.05) is 19.9 Å². The number of phenols is 1. The van der Waals surface area contributed by atoms with Gasteiger partial charge in [-0.25, -0.2) is 0 Å². The first kappa shape index (κ1) is 18.5. The Morgan fingerprint density at radius 3 is 2.83 bits per heavy atom. The van der Waals surface area contributed by atoms with E-state index in [9.17, 15) is 10.2 Å². The molecule has 1 aromatic carbocycles. The molecule has 5 atom stereocenters. The van der Waals surface area contributed by atoms with Gasteiger partial charge in [0.25, 0.3) is 0 Å². The van der Waals surface area contributed by atoms with Crippen LogP contribution in [0.25, 0.3) is 0 Å². The molecule has 2 aliphatic heterocycles. The van der Waals surface area contributed by atoms with Gasteiger partial charge in [-0.2, -0.15) is 0 Å². The van der Waals surface area contributed by atoms with Crippen LogP contribution in [0.1, 0.15) is 57.1 Å². The van der Waals surface area contributed by atoms with E-state index in [2.05, 4.69) is 30.1 Å². The van der Waals surface area contributed by atoms with Crippen molar-refractivity contribution < 1.29 is 14.9 Å². The lowest BCUT2D eigenvalue weighted by atomic mass is 9.48. The molecule has 3 fully saturated rings. The number of rotatable bonds is 5. The zero-order valence-electron chi connectivity index (χ0n) is 17.7. The normalized spacial score (nSPS) is 40.1. The molecule has 0 unspecified atom stereocenters. The van der Waals surface area contributed by atoms with E-state index in [0.29, 0.717) is 11.7 Å². The Kier molecular flexibility index (Phi) is 3.89. The molecule has 0 aromatic heterocycles. The van der Waals surface area contributed by atoms with Crippen LogP contribution in [0.2, 0.25) is 0 Å². The van der Waals surface area contributed by atoms with Crippen LogP contribution < -0.4 is 10.1 Å². The first-order valence-electron chi connectivity index (χ1n) is 11.7. The van der Waals surface area contributed by atoms with Crippen LogP contribution in [0.4, 0.5) is 0 Å². The Bertz CT molecular complexity index is 838. The van der Waals surface area contributed by atoms with E-state index < -0.39 is 11.0 Å². The summed E-state index contributed by atoms with van der Waals surface area (Å²) >= 11 is 0. The zero-order valence-corrected chi connectivity index (χ0v) is 17.7. The van der Waals surface area contributed by atoms with Crippen LogP contribution in [0, 0.1) is 11.8 Å². The third-order valence-electron chi connectivity index (χ3n) is 8.55. The number of benzene rings is 1. The van der Waals surface area contributed by atoms with E-state index in [-0.39, 0.29) is 23.9 Å². The van der Waals surface area contributed by atoms with Gasteiger partial charge in [0, 0.05) is 24.2 Å². The van der Waals surface area contributed by atoms with Gasteiger partial charge in [0.1, 0.15) is 6.10 Å². The number of ether oxygens (including phenoxy) is 1. The number of aromatic hydroxyl groups is 1. The van der Waals surface area contributed by atoms with E-state index in [0.717, 1.165) is 56.8 Å². The van der Waals surface area contributed by atoms with Crippen molar-refractivity contribution in [2.75, 3.05) is 19.6 Å². The molecule has 1 aromatic rings. The molecule has 5 heteroatoms. The summed E-state index contributed by atoms with van der Waals surface area (Å²) in [5.41, 5.74) is 1.24. The summed E-state index contributed by atoms with van der Waals surface area (Å²) in [4.78, 5) is 2.59. The first-order chi connectivity index (χ1) is 13.9. The highest BCUT2D eigenvalue weighted by molar-refractivity contribution is 5.62. The predicted octanol–water partition coefficient (Wildman–Crippen LogP) is 2.57. The summed E-state index contributed by atoms with van der Waals surface area (Å²) in [6, 6.07) is 4.26. The first-order valence-corrected chi connectivity index (χ1v) is 11.7. The fourth-order valence-electron chi connectivity index (χ4n) is 7.08. The lowest BCUT2D eigenvalue weighted by Gasteiger charge is -2.64. The second kappa shape index (κ2) is 6.12. The van der Waals surface area contributed by atoms with Crippen molar-refractivity contribution in [3.8, 4) is 11.5 Å². The van der Waals surface area contributed by atoms with Crippen molar-refractivity contribution in [3.05, 3.63) is 23.3 Å². The molecule has 2 heterocycles. The fourth-order valence-corrected chi connectivity index (χ4v) is 7.08. The largest absolute Gasteiger partial charge is 0.504 e. The third kappa shape index (κ3) is 2.38. The molecule has 5 aliphatic rings. The number of nitrogens with one attached hydrogen (secondary N) is 1. The molecular weight excluding hydrogens is 364 g/mol. The van der Waals surface area contributed by atoms with Crippen LogP contribution in [0.15, 0.2) is 12.1 Å². The van der Waals surface area contributed by atoms with Gasteiger partial charge in [-0.05, 0) is 75.1 Å². The summed E-state index contributed by atoms with van der Waals surface area (Å²) in [5.74, 6) is 2.28.